The smallest absolute Gasteiger partial charge is 0.176 e. The summed E-state index contributed by atoms with van der Waals surface area (Å²) in [6, 6.07) is 0.111. The Labute approximate surface area is 108 Å². The molecule has 1 saturated heterocycles. The second-order valence-electron chi connectivity index (χ2n) is 5.47. The lowest BCUT2D eigenvalue weighted by molar-refractivity contribution is 0.105. The minimum Gasteiger partial charge on any atom is -0.297 e. The third kappa shape index (κ3) is 2.68. The maximum absolute atomic E-state index is 5.72. The fourth-order valence-electron chi connectivity index (χ4n) is 2.61. The van der Waals surface area contributed by atoms with Crippen molar-refractivity contribution in [2.45, 2.75) is 44.7 Å². The lowest BCUT2D eigenvalue weighted by Crippen LogP contribution is -2.59. The molecule has 1 aromatic rings. The van der Waals surface area contributed by atoms with E-state index >= 15 is 0 Å². The lowest BCUT2D eigenvalue weighted by Gasteiger charge is -2.41. The molecule has 7 nitrogen and oxygen atoms in total. The first-order valence-corrected chi connectivity index (χ1v) is 6.48. The Morgan fingerprint density at radius 2 is 2.06 bits per heavy atom. The molecule has 3 N–H and O–H groups in total. The van der Waals surface area contributed by atoms with Crippen molar-refractivity contribution in [3.8, 4) is 0 Å². The molecule has 0 spiro atoms. The molecule has 1 unspecified atom stereocenters. The molecule has 0 radical (unpaired) electrons. The predicted octanol–water partition coefficient (Wildman–Crippen LogP) is -0.541. The van der Waals surface area contributed by atoms with Crippen LogP contribution in [-0.2, 0) is 13.5 Å². The van der Waals surface area contributed by atoms with Gasteiger partial charge in [0.05, 0.1) is 7.05 Å². The van der Waals surface area contributed by atoms with E-state index < -0.39 is 0 Å². The Kier molecular flexibility index (Phi) is 3.94. The number of tetrazole rings is 1. The number of hydrazine groups is 1. The lowest BCUT2D eigenvalue weighted by atomic mass is 9.90. The van der Waals surface area contributed by atoms with Crippen LogP contribution in [0.25, 0.3) is 0 Å². The molecule has 1 aliphatic heterocycles. The zero-order chi connectivity index (χ0) is 13.2. The molecule has 1 atom stereocenters. The zero-order valence-electron chi connectivity index (χ0n) is 11.4. The molecule has 0 aliphatic carbocycles. The predicted molar refractivity (Wildman–Crippen MR) is 68.5 cm³/mol. The third-order valence-electron chi connectivity index (χ3n) is 3.91. The summed E-state index contributed by atoms with van der Waals surface area (Å²) in [5.41, 5.74) is 2.91. The summed E-state index contributed by atoms with van der Waals surface area (Å²) in [5.74, 6) is 6.45. The Bertz CT molecular complexity index is 380. The molecule has 1 fully saturated rings. The van der Waals surface area contributed by atoms with Gasteiger partial charge >= 0.3 is 0 Å². The summed E-state index contributed by atoms with van der Waals surface area (Å²) in [4.78, 5) is 3.96. The van der Waals surface area contributed by atoms with E-state index in [1.807, 2.05) is 0 Å². The van der Waals surface area contributed by atoms with E-state index in [-0.39, 0.29) is 11.6 Å². The largest absolute Gasteiger partial charge is 0.297 e. The number of rotatable bonds is 5. The van der Waals surface area contributed by atoms with Gasteiger partial charge in [-0.25, -0.2) is 0 Å². The second kappa shape index (κ2) is 5.29. The minimum absolute atomic E-state index is 0.00947. The molecule has 2 rings (SSSR count). The Morgan fingerprint density at radius 1 is 1.39 bits per heavy atom. The third-order valence-corrected chi connectivity index (χ3v) is 3.91. The van der Waals surface area contributed by atoms with E-state index in [9.17, 15) is 0 Å². The number of hydrogen-bond donors (Lipinski definition) is 2. The van der Waals surface area contributed by atoms with Crippen LogP contribution in [0.2, 0.25) is 0 Å². The molecule has 18 heavy (non-hydrogen) atoms. The molecular weight excluding hydrogens is 230 g/mol. The number of hydrogen-bond acceptors (Lipinski definition) is 6. The van der Waals surface area contributed by atoms with Crippen LogP contribution in [0.1, 0.15) is 32.5 Å². The molecule has 7 heteroatoms. The highest BCUT2D eigenvalue weighted by Crippen LogP contribution is 2.25. The van der Waals surface area contributed by atoms with Gasteiger partial charge in [-0.3, -0.25) is 16.2 Å². The van der Waals surface area contributed by atoms with Crippen LogP contribution in [0.4, 0.5) is 0 Å². The average Bonchev–Trinajstić information content (AvgIpc) is 2.96. The molecule has 1 aromatic heterocycles. The van der Waals surface area contributed by atoms with Crippen LogP contribution < -0.4 is 11.3 Å². The van der Waals surface area contributed by atoms with Crippen molar-refractivity contribution in [1.29, 1.82) is 0 Å². The van der Waals surface area contributed by atoms with Gasteiger partial charge in [-0.2, -0.15) is 4.80 Å². The van der Waals surface area contributed by atoms with Crippen LogP contribution in [0, 0.1) is 0 Å². The minimum atomic E-state index is -0.00947. The van der Waals surface area contributed by atoms with Crippen LogP contribution >= 0.6 is 0 Å². The number of nitrogens with two attached hydrogens (primary N) is 1. The van der Waals surface area contributed by atoms with E-state index in [1.165, 1.54) is 17.6 Å². The Hall–Kier alpha value is -1.05. The molecule has 0 amide bonds. The maximum Gasteiger partial charge on any atom is 0.176 e. The van der Waals surface area contributed by atoms with Crippen LogP contribution in [0.3, 0.4) is 0 Å². The van der Waals surface area contributed by atoms with Gasteiger partial charge in [0.1, 0.15) is 0 Å². The molecule has 102 valence electrons. The van der Waals surface area contributed by atoms with Gasteiger partial charge < -0.3 is 0 Å². The standard InChI is InChI=1S/C11H23N7/c1-11(2,18-6-4-5-7-18)9(13-12)8-10-14-16-17(3)15-10/h9,13H,4-8,12H2,1-3H3. The number of nitrogens with zero attached hydrogens (tertiary/aromatic N) is 5. The first-order chi connectivity index (χ1) is 8.54. The topological polar surface area (TPSA) is 84.9 Å². The van der Waals surface area contributed by atoms with Crippen molar-refractivity contribution in [2.24, 2.45) is 12.9 Å². The molecule has 0 aromatic carbocycles. The van der Waals surface area contributed by atoms with E-state index in [0.29, 0.717) is 6.42 Å². The maximum atomic E-state index is 5.72. The molecule has 1 aliphatic rings. The molecule has 0 saturated carbocycles. The quantitative estimate of drug-likeness (QED) is 0.541. The highest BCUT2D eigenvalue weighted by atomic mass is 15.6. The van der Waals surface area contributed by atoms with Gasteiger partial charge in [-0.15, -0.1) is 10.2 Å². The van der Waals surface area contributed by atoms with Gasteiger partial charge in [0.2, 0.25) is 0 Å². The fourth-order valence-corrected chi connectivity index (χ4v) is 2.61. The summed E-state index contributed by atoms with van der Waals surface area (Å²) in [6.45, 7) is 6.72. The fraction of sp³-hybridized carbons (Fsp3) is 0.909. The van der Waals surface area contributed by atoms with Gasteiger partial charge in [0.25, 0.3) is 0 Å². The van der Waals surface area contributed by atoms with Gasteiger partial charge in [-0.1, -0.05) is 0 Å². The van der Waals surface area contributed by atoms with Crippen LogP contribution in [0.15, 0.2) is 0 Å². The van der Waals surface area contributed by atoms with Gasteiger partial charge in [0, 0.05) is 18.0 Å². The summed E-state index contributed by atoms with van der Waals surface area (Å²) >= 11 is 0. The van der Waals surface area contributed by atoms with E-state index in [1.54, 1.807) is 7.05 Å². The average molecular weight is 253 g/mol. The van der Waals surface area contributed by atoms with Crippen LogP contribution in [0.5, 0.6) is 0 Å². The molecule has 0 bridgehead atoms. The first-order valence-electron chi connectivity index (χ1n) is 6.48. The van der Waals surface area contributed by atoms with E-state index in [4.69, 9.17) is 5.84 Å². The monoisotopic (exact) mass is 253 g/mol. The van der Waals surface area contributed by atoms with Crippen molar-refractivity contribution >= 4 is 0 Å². The van der Waals surface area contributed by atoms with Crippen molar-refractivity contribution in [3.63, 3.8) is 0 Å². The molecule has 2 heterocycles. The number of likely N-dealkylation sites (tertiary alicyclic amines) is 1. The van der Waals surface area contributed by atoms with E-state index in [2.05, 4.69) is 39.6 Å². The van der Waals surface area contributed by atoms with E-state index in [0.717, 1.165) is 18.9 Å². The first kappa shape index (κ1) is 13.4. The van der Waals surface area contributed by atoms with Gasteiger partial charge in [0.15, 0.2) is 5.82 Å². The van der Waals surface area contributed by atoms with Crippen LogP contribution in [-0.4, -0.2) is 49.8 Å². The number of aromatic nitrogens is 4. The Morgan fingerprint density at radius 3 is 2.56 bits per heavy atom. The number of nitrogens with one attached hydrogen (secondary N) is 1. The summed E-state index contributed by atoms with van der Waals surface area (Å²) < 4.78 is 0. The number of aryl methyl sites for hydroxylation is 1. The summed E-state index contributed by atoms with van der Waals surface area (Å²) in [6.07, 6.45) is 3.22. The van der Waals surface area contributed by atoms with Gasteiger partial charge in [-0.05, 0) is 45.0 Å². The van der Waals surface area contributed by atoms with Crippen molar-refractivity contribution in [3.05, 3.63) is 5.82 Å². The highest BCUT2D eigenvalue weighted by molar-refractivity contribution is 4.99. The normalized spacial score (nSPS) is 19.3. The summed E-state index contributed by atoms with van der Waals surface area (Å²) in [5, 5.41) is 12.1. The summed E-state index contributed by atoms with van der Waals surface area (Å²) in [7, 11) is 1.77. The zero-order valence-corrected chi connectivity index (χ0v) is 11.4. The molecular formula is C11H23N7. The Balaban J connectivity index is 2.06. The highest BCUT2D eigenvalue weighted by Gasteiger charge is 2.36. The van der Waals surface area contributed by atoms with Crippen molar-refractivity contribution in [1.82, 2.24) is 30.5 Å². The SMILES string of the molecule is Cn1nnc(CC(NN)C(C)(C)N2CCCC2)n1. The second-order valence-corrected chi connectivity index (χ2v) is 5.47. The van der Waals surface area contributed by atoms with Crippen molar-refractivity contribution in [2.75, 3.05) is 13.1 Å². The van der Waals surface area contributed by atoms with Crippen molar-refractivity contribution < 1.29 is 0 Å².